The number of hydrogen-bond donors (Lipinski definition) is 2. The first kappa shape index (κ1) is 16.7. The second-order valence-corrected chi connectivity index (χ2v) is 6.02. The van der Waals surface area contributed by atoms with Crippen LogP contribution in [-0.2, 0) is 9.53 Å². The summed E-state index contributed by atoms with van der Waals surface area (Å²) in [5.74, 6) is 1.05. The molecular formula is C14H27ClN2O2. The van der Waals surface area contributed by atoms with Crippen LogP contribution in [0.15, 0.2) is 0 Å². The highest BCUT2D eigenvalue weighted by atomic mass is 35.5. The SMILES string of the molecule is COCC1(C(=O)NC(C)CC2CC2)CCNCC1.Cl. The minimum Gasteiger partial charge on any atom is -0.384 e. The van der Waals surface area contributed by atoms with E-state index < -0.39 is 0 Å². The molecule has 0 bridgehead atoms. The molecule has 0 aromatic carbocycles. The maximum atomic E-state index is 12.5. The fraction of sp³-hybridized carbons (Fsp3) is 0.929. The zero-order chi connectivity index (χ0) is 13.0. The topological polar surface area (TPSA) is 50.4 Å². The van der Waals surface area contributed by atoms with Crippen LogP contribution < -0.4 is 10.6 Å². The Labute approximate surface area is 122 Å². The summed E-state index contributed by atoms with van der Waals surface area (Å²) in [6, 6.07) is 0.300. The first-order valence-electron chi connectivity index (χ1n) is 7.17. The standard InChI is InChI=1S/C14H26N2O2.ClH/c1-11(9-12-3-4-12)16-13(17)14(10-18-2)5-7-15-8-6-14;/h11-12,15H,3-10H2,1-2H3,(H,16,17);1H. The minimum absolute atomic E-state index is 0. The summed E-state index contributed by atoms with van der Waals surface area (Å²) in [5.41, 5.74) is -0.308. The van der Waals surface area contributed by atoms with Crippen LogP contribution in [0.5, 0.6) is 0 Å². The first-order valence-corrected chi connectivity index (χ1v) is 7.17. The second kappa shape index (κ2) is 7.46. The Hall–Kier alpha value is -0.320. The highest BCUT2D eigenvalue weighted by Crippen LogP contribution is 2.34. The second-order valence-electron chi connectivity index (χ2n) is 6.02. The van der Waals surface area contributed by atoms with Crippen molar-refractivity contribution in [2.45, 2.75) is 45.1 Å². The van der Waals surface area contributed by atoms with Gasteiger partial charge in [-0.2, -0.15) is 0 Å². The van der Waals surface area contributed by atoms with Gasteiger partial charge in [-0.25, -0.2) is 0 Å². The Morgan fingerprint density at radius 1 is 1.42 bits per heavy atom. The molecule has 4 nitrogen and oxygen atoms in total. The largest absolute Gasteiger partial charge is 0.384 e. The molecule has 1 aliphatic carbocycles. The minimum atomic E-state index is -0.308. The van der Waals surface area contributed by atoms with E-state index in [1.54, 1.807) is 7.11 Å². The highest BCUT2D eigenvalue weighted by Gasteiger charge is 2.40. The Kier molecular flexibility index (Phi) is 6.57. The predicted octanol–water partition coefficient (Wildman–Crippen LogP) is 1.73. The summed E-state index contributed by atoms with van der Waals surface area (Å²) in [4.78, 5) is 12.5. The summed E-state index contributed by atoms with van der Waals surface area (Å²) < 4.78 is 5.29. The Bertz CT molecular complexity index is 284. The summed E-state index contributed by atoms with van der Waals surface area (Å²) in [5, 5.41) is 6.51. The van der Waals surface area contributed by atoms with Gasteiger partial charge in [0.15, 0.2) is 0 Å². The zero-order valence-corrected chi connectivity index (χ0v) is 12.9. The van der Waals surface area contributed by atoms with E-state index in [0.717, 1.165) is 38.3 Å². The summed E-state index contributed by atoms with van der Waals surface area (Å²) in [6.07, 6.45) is 5.57. The van der Waals surface area contributed by atoms with Crippen molar-refractivity contribution in [3.05, 3.63) is 0 Å². The number of ether oxygens (including phenoxy) is 1. The highest BCUT2D eigenvalue weighted by molar-refractivity contribution is 5.85. The third kappa shape index (κ3) is 4.62. The predicted molar refractivity (Wildman–Crippen MR) is 78.6 cm³/mol. The molecule has 0 radical (unpaired) electrons. The normalized spacial score (nSPS) is 23.3. The molecule has 0 spiro atoms. The smallest absolute Gasteiger partial charge is 0.228 e. The molecule has 1 saturated carbocycles. The lowest BCUT2D eigenvalue weighted by Crippen LogP contribution is -2.52. The molecule has 19 heavy (non-hydrogen) atoms. The van der Waals surface area contributed by atoms with E-state index >= 15 is 0 Å². The van der Waals surface area contributed by atoms with Gasteiger partial charge in [-0.3, -0.25) is 4.79 Å². The van der Waals surface area contributed by atoms with Crippen molar-refractivity contribution in [3.8, 4) is 0 Å². The monoisotopic (exact) mass is 290 g/mol. The van der Waals surface area contributed by atoms with Gasteiger partial charge in [-0.15, -0.1) is 12.4 Å². The van der Waals surface area contributed by atoms with Gasteiger partial charge in [-0.05, 0) is 45.2 Å². The Morgan fingerprint density at radius 2 is 2.05 bits per heavy atom. The molecule has 1 amide bonds. The molecule has 1 atom stereocenters. The molecule has 2 N–H and O–H groups in total. The molecule has 112 valence electrons. The van der Waals surface area contributed by atoms with Crippen LogP contribution in [0, 0.1) is 11.3 Å². The van der Waals surface area contributed by atoms with E-state index in [4.69, 9.17) is 4.74 Å². The number of hydrogen-bond acceptors (Lipinski definition) is 3. The average molecular weight is 291 g/mol. The first-order chi connectivity index (χ1) is 8.66. The zero-order valence-electron chi connectivity index (χ0n) is 12.0. The molecule has 0 aromatic rings. The van der Waals surface area contributed by atoms with Crippen LogP contribution in [0.3, 0.4) is 0 Å². The van der Waals surface area contributed by atoms with Crippen LogP contribution in [0.2, 0.25) is 0 Å². The van der Waals surface area contributed by atoms with Crippen molar-refractivity contribution < 1.29 is 9.53 Å². The van der Waals surface area contributed by atoms with Crippen molar-refractivity contribution in [1.82, 2.24) is 10.6 Å². The quantitative estimate of drug-likeness (QED) is 0.783. The number of halogens is 1. The summed E-state index contributed by atoms with van der Waals surface area (Å²) in [7, 11) is 1.69. The Balaban J connectivity index is 0.00000180. The van der Waals surface area contributed by atoms with Gasteiger partial charge in [0.2, 0.25) is 5.91 Å². The van der Waals surface area contributed by atoms with Gasteiger partial charge in [0.05, 0.1) is 12.0 Å². The molecule has 1 unspecified atom stereocenters. The number of amides is 1. The van der Waals surface area contributed by atoms with E-state index in [1.807, 2.05) is 0 Å². The van der Waals surface area contributed by atoms with Gasteiger partial charge >= 0.3 is 0 Å². The molecule has 2 aliphatic rings. The average Bonchev–Trinajstić information content (AvgIpc) is 3.14. The number of nitrogens with one attached hydrogen (secondary N) is 2. The number of carbonyl (C=O) groups is 1. The molecule has 0 aromatic heterocycles. The van der Waals surface area contributed by atoms with Crippen molar-refractivity contribution in [2.75, 3.05) is 26.8 Å². The van der Waals surface area contributed by atoms with Crippen LogP contribution in [0.25, 0.3) is 0 Å². The van der Waals surface area contributed by atoms with Crippen molar-refractivity contribution in [1.29, 1.82) is 0 Å². The molecule has 1 heterocycles. The third-order valence-electron chi connectivity index (χ3n) is 4.22. The van der Waals surface area contributed by atoms with Crippen LogP contribution in [0.1, 0.15) is 39.0 Å². The third-order valence-corrected chi connectivity index (χ3v) is 4.22. The molecule has 2 rings (SSSR count). The lowest BCUT2D eigenvalue weighted by Gasteiger charge is -2.36. The number of piperidine rings is 1. The number of carbonyl (C=O) groups excluding carboxylic acids is 1. The van der Waals surface area contributed by atoms with Crippen molar-refractivity contribution in [3.63, 3.8) is 0 Å². The van der Waals surface area contributed by atoms with E-state index in [9.17, 15) is 4.79 Å². The molecule has 1 aliphatic heterocycles. The van der Waals surface area contributed by atoms with Gasteiger partial charge < -0.3 is 15.4 Å². The van der Waals surface area contributed by atoms with Crippen LogP contribution in [-0.4, -0.2) is 38.8 Å². The van der Waals surface area contributed by atoms with Gasteiger partial charge in [0, 0.05) is 13.2 Å². The molecule has 5 heteroatoms. The number of methoxy groups -OCH3 is 1. The van der Waals surface area contributed by atoms with Gasteiger partial charge in [-0.1, -0.05) is 12.8 Å². The summed E-state index contributed by atoms with van der Waals surface area (Å²) >= 11 is 0. The van der Waals surface area contributed by atoms with E-state index in [2.05, 4.69) is 17.6 Å². The number of rotatable bonds is 6. The van der Waals surface area contributed by atoms with E-state index in [-0.39, 0.29) is 23.7 Å². The summed E-state index contributed by atoms with van der Waals surface area (Å²) in [6.45, 7) is 4.48. The van der Waals surface area contributed by atoms with Crippen LogP contribution >= 0.6 is 12.4 Å². The molecule has 2 fully saturated rings. The Morgan fingerprint density at radius 3 is 2.58 bits per heavy atom. The van der Waals surface area contributed by atoms with Crippen LogP contribution in [0.4, 0.5) is 0 Å². The van der Waals surface area contributed by atoms with Gasteiger partial charge in [0.25, 0.3) is 0 Å². The lowest BCUT2D eigenvalue weighted by molar-refractivity contribution is -0.136. The maximum Gasteiger partial charge on any atom is 0.228 e. The lowest BCUT2D eigenvalue weighted by atomic mass is 9.78. The fourth-order valence-electron chi connectivity index (χ4n) is 2.91. The van der Waals surface area contributed by atoms with E-state index in [0.29, 0.717) is 12.6 Å². The molecular weight excluding hydrogens is 264 g/mol. The van der Waals surface area contributed by atoms with Gasteiger partial charge in [0.1, 0.15) is 0 Å². The van der Waals surface area contributed by atoms with Crippen molar-refractivity contribution in [2.24, 2.45) is 11.3 Å². The maximum absolute atomic E-state index is 12.5. The molecule has 1 saturated heterocycles. The fourth-order valence-corrected chi connectivity index (χ4v) is 2.91. The van der Waals surface area contributed by atoms with Crippen molar-refractivity contribution >= 4 is 18.3 Å². The van der Waals surface area contributed by atoms with E-state index in [1.165, 1.54) is 12.8 Å².